The van der Waals surface area contributed by atoms with E-state index in [-0.39, 0.29) is 0 Å². The maximum absolute atomic E-state index is 6.63. The molecule has 0 radical (unpaired) electrons. The molecule has 0 bridgehead atoms. The van der Waals surface area contributed by atoms with Crippen LogP contribution in [0.1, 0.15) is 0 Å². The van der Waals surface area contributed by atoms with E-state index in [1.54, 1.807) is 0 Å². The molecule has 0 saturated carbocycles. The van der Waals surface area contributed by atoms with Gasteiger partial charge in [-0.05, 0) is 97.7 Å². The number of benzene rings is 9. The summed E-state index contributed by atoms with van der Waals surface area (Å²) in [7, 11) is 0. The van der Waals surface area contributed by atoms with Gasteiger partial charge in [0.25, 0.3) is 0 Å². The Hall–Kier alpha value is -6.64. The van der Waals surface area contributed by atoms with Gasteiger partial charge >= 0.3 is 0 Å². The SMILES string of the molecule is c1ccc(-c2cccc(N(c3ccc(-c4ccc5c(ccc6ccccc65)c4)cc3)c3cccc4ccc5c6ccccc6oc5c34)c2)cc1. The van der Waals surface area contributed by atoms with Crippen LogP contribution in [0.4, 0.5) is 17.1 Å². The topological polar surface area (TPSA) is 16.4 Å². The van der Waals surface area contributed by atoms with E-state index in [4.69, 9.17) is 4.42 Å². The number of hydrogen-bond donors (Lipinski definition) is 0. The molecule has 0 spiro atoms. The number of para-hydroxylation sites is 1. The normalized spacial score (nSPS) is 11.6. The van der Waals surface area contributed by atoms with E-state index < -0.39 is 0 Å². The second-order valence-electron chi connectivity index (χ2n) is 12.9. The van der Waals surface area contributed by atoms with Crippen molar-refractivity contribution in [1.29, 1.82) is 0 Å². The Labute approximate surface area is 290 Å². The molecule has 0 saturated heterocycles. The lowest BCUT2D eigenvalue weighted by Gasteiger charge is -2.27. The number of anilines is 3. The van der Waals surface area contributed by atoms with E-state index >= 15 is 0 Å². The molecule has 0 unspecified atom stereocenters. The Morgan fingerprint density at radius 1 is 0.340 bits per heavy atom. The molecular weight excluding hydrogens is 607 g/mol. The molecule has 50 heavy (non-hydrogen) atoms. The highest BCUT2D eigenvalue weighted by atomic mass is 16.3. The number of nitrogens with zero attached hydrogens (tertiary/aromatic N) is 1. The van der Waals surface area contributed by atoms with Gasteiger partial charge in [-0.2, -0.15) is 0 Å². The third kappa shape index (κ3) is 4.65. The summed E-state index contributed by atoms with van der Waals surface area (Å²) >= 11 is 0. The zero-order chi connectivity index (χ0) is 33.0. The van der Waals surface area contributed by atoms with Gasteiger partial charge in [0.1, 0.15) is 11.2 Å². The van der Waals surface area contributed by atoms with Crippen LogP contribution in [0.15, 0.2) is 192 Å². The van der Waals surface area contributed by atoms with Gasteiger partial charge in [-0.25, -0.2) is 0 Å². The highest BCUT2D eigenvalue weighted by Gasteiger charge is 2.20. The first-order valence-corrected chi connectivity index (χ1v) is 17.1. The average Bonchev–Trinajstić information content (AvgIpc) is 3.58. The zero-order valence-electron chi connectivity index (χ0n) is 27.3. The molecule has 2 nitrogen and oxygen atoms in total. The summed E-state index contributed by atoms with van der Waals surface area (Å²) in [6, 6.07) is 67.5. The summed E-state index contributed by atoms with van der Waals surface area (Å²) in [5.41, 5.74) is 9.77. The standard InChI is InChI=1S/C48H31NO/c1-2-10-32(11-3-1)36-14-8-15-40(31-36)49(45-18-9-13-35-24-29-44-43-17-6-7-19-46(43)50-48(44)47(35)45)39-26-22-33(23-27-39)37-25-28-42-38(30-37)21-20-34-12-4-5-16-41(34)42/h1-31H. The summed E-state index contributed by atoms with van der Waals surface area (Å²) in [5, 5.41) is 9.56. The Kier molecular flexibility index (Phi) is 6.53. The minimum atomic E-state index is 0.898. The fraction of sp³-hybridized carbons (Fsp3) is 0. The first kappa shape index (κ1) is 28.4. The minimum absolute atomic E-state index is 0.898. The van der Waals surface area contributed by atoms with Crippen molar-refractivity contribution in [3.8, 4) is 22.3 Å². The number of rotatable bonds is 5. The Bertz CT molecular complexity index is 2870. The lowest BCUT2D eigenvalue weighted by molar-refractivity contribution is 0.672. The summed E-state index contributed by atoms with van der Waals surface area (Å²) in [5.74, 6) is 0. The van der Waals surface area contributed by atoms with Gasteiger partial charge in [0.15, 0.2) is 0 Å². The van der Waals surface area contributed by atoms with Crippen LogP contribution in [0.25, 0.3) is 76.5 Å². The molecule has 0 aliphatic rings. The minimum Gasteiger partial charge on any atom is -0.455 e. The van der Waals surface area contributed by atoms with Gasteiger partial charge in [0.05, 0.1) is 5.69 Å². The van der Waals surface area contributed by atoms with Gasteiger partial charge in [-0.1, -0.05) is 140 Å². The second-order valence-corrected chi connectivity index (χ2v) is 12.9. The quantitative estimate of drug-likeness (QED) is 0.175. The van der Waals surface area contributed by atoms with E-state index in [0.29, 0.717) is 0 Å². The fourth-order valence-corrected chi connectivity index (χ4v) is 7.60. The van der Waals surface area contributed by atoms with Crippen LogP contribution in [0.2, 0.25) is 0 Å². The van der Waals surface area contributed by atoms with E-state index in [9.17, 15) is 0 Å². The molecule has 0 aliphatic heterocycles. The van der Waals surface area contributed by atoms with Crippen LogP contribution < -0.4 is 4.90 Å². The van der Waals surface area contributed by atoms with E-state index in [1.165, 1.54) is 43.8 Å². The predicted molar refractivity (Wildman–Crippen MR) is 212 cm³/mol. The fourth-order valence-electron chi connectivity index (χ4n) is 7.60. The number of fused-ring (bicyclic) bond motifs is 8. The molecule has 0 fully saturated rings. The van der Waals surface area contributed by atoms with Crippen molar-refractivity contribution in [2.75, 3.05) is 4.90 Å². The van der Waals surface area contributed by atoms with Crippen molar-refractivity contribution >= 4 is 71.3 Å². The van der Waals surface area contributed by atoms with Crippen molar-refractivity contribution < 1.29 is 4.42 Å². The van der Waals surface area contributed by atoms with Crippen LogP contribution in [-0.4, -0.2) is 0 Å². The molecule has 10 aromatic rings. The van der Waals surface area contributed by atoms with Gasteiger partial charge in [-0.15, -0.1) is 0 Å². The lowest BCUT2D eigenvalue weighted by Crippen LogP contribution is -2.10. The first-order chi connectivity index (χ1) is 24.8. The van der Waals surface area contributed by atoms with Crippen molar-refractivity contribution in [3.63, 3.8) is 0 Å². The van der Waals surface area contributed by atoms with Crippen LogP contribution in [0.5, 0.6) is 0 Å². The summed E-state index contributed by atoms with van der Waals surface area (Å²) in [6.07, 6.45) is 0. The molecule has 0 N–H and O–H groups in total. The van der Waals surface area contributed by atoms with Crippen molar-refractivity contribution in [2.24, 2.45) is 0 Å². The third-order valence-electron chi connectivity index (χ3n) is 10.0. The Morgan fingerprint density at radius 3 is 1.86 bits per heavy atom. The predicted octanol–water partition coefficient (Wildman–Crippen LogP) is 13.8. The van der Waals surface area contributed by atoms with E-state index in [2.05, 4.69) is 187 Å². The molecular formula is C48H31NO. The Balaban J connectivity index is 1.15. The van der Waals surface area contributed by atoms with Crippen LogP contribution in [0.3, 0.4) is 0 Å². The molecule has 2 heteroatoms. The monoisotopic (exact) mass is 637 g/mol. The molecule has 0 aliphatic carbocycles. The molecule has 10 rings (SSSR count). The smallest absolute Gasteiger partial charge is 0.145 e. The van der Waals surface area contributed by atoms with Gasteiger partial charge < -0.3 is 9.32 Å². The highest BCUT2D eigenvalue weighted by molar-refractivity contribution is 6.19. The zero-order valence-corrected chi connectivity index (χ0v) is 27.3. The summed E-state index contributed by atoms with van der Waals surface area (Å²) in [4.78, 5) is 2.37. The third-order valence-corrected chi connectivity index (χ3v) is 10.0. The van der Waals surface area contributed by atoms with Gasteiger partial charge in [-0.3, -0.25) is 0 Å². The van der Waals surface area contributed by atoms with Crippen molar-refractivity contribution in [1.82, 2.24) is 0 Å². The average molecular weight is 638 g/mol. The van der Waals surface area contributed by atoms with Gasteiger partial charge in [0.2, 0.25) is 0 Å². The Morgan fingerprint density at radius 2 is 0.960 bits per heavy atom. The molecule has 234 valence electrons. The maximum atomic E-state index is 6.63. The molecule has 9 aromatic carbocycles. The van der Waals surface area contributed by atoms with Crippen LogP contribution in [-0.2, 0) is 0 Å². The van der Waals surface area contributed by atoms with Crippen LogP contribution >= 0.6 is 0 Å². The summed E-state index contributed by atoms with van der Waals surface area (Å²) in [6.45, 7) is 0. The largest absolute Gasteiger partial charge is 0.455 e. The van der Waals surface area contributed by atoms with Crippen molar-refractivity contribution in [2.45, 2.75) is 0 Å². The van der Waals surface area contributed by atoms with Gasteiger partial charge in [0, 0.05) is 27.5 Å². The number of hydrogen-bond acceptors (Lipinski definition) is 2. The molecule has 1 heterocycles. The van der Waals surface area contributed by atoms with E-state index in [1.807, 2.05) is 6.07 Å². The maximum Gasteiger partial charge on any atom is 0.145 e. The number of furan rings is 1. The molecule has 0 atom stereocenters. The molecule has 1 aromatic heterocycles. The summed E-state index contributed by atoms with van der Waals surface area (Å²) < 4.78 is 6.63. The van der Waals surface area contributed by atoms with E-state index in [0.717, 1.165) is 49.8 Å². The molecule has 0 amide bonds. The highest BCUT2D eigenvalue weighted by Crippen LogP contribution is 2.44. The van der Waals surface area contributed by atoms with Crippen LogP contribution in [0, 0.1) is 0 Å². The lowest BCUT2D eigenvalue weighted by atomic mass is 9.97. The van der Waals surface area contributed by atoms with Crippen molar-refractivity contribution in [3.05, 3.63) is 188 Å². The first-order valence-electron chi connectivity index (χ1n) is 17.1. The second kappa shape index (κ2) is 11.5.